The summed E-state index contributed by atoms with van der Waals surface area (Å²) in [7, 11) is 0. The summed E-state index contributed by atoms with van der Waals surface area (Å²) in [5, 5.41) is 17.5. The molecule has 0 unspecified atom stereocenters. The SMILES string of the molecule is N#Cc1ccc(Br)c(I)c1CC(=O)O. The van der Waals surface area contributed by atoms with Gasteiger partial charge in [0.25, 0.3) is 0 Å². The second-order valence-corrected chi connectivity index (χ2v) is 4.50. The highest BCUT2D eigenvalue weighted by Gasteiger charge is 2.12. The molecule has 14 heavy (non-hydrogen) atoms. The second-order valence-electron chi connectivity index (χ2n) is 2.57. The first-order valence-corrected chi connectivity index (χ1v) is 5.52. The fraction of sp³-hybridized carbons (Fsp3) is 0.111. The molecule has 0 amide bonds. The van der Waals surface area contributed by atoms with Gasteiger partial charge in [0.05, 0.1) is 18.1 Å². The monoisotopic (exact) mass is 365 g/mol. The van der Waals surface area contributed by atoms with Crippen LogP contribution in [0.4, 0.5) is 0 Å². The summed E-state index contributed by atoms with van der Waals surface area (Å²) in [6.45, 7) is 0. The molecule has 0 atom stereocenters. The van der Waals surface area contributed by atoms with E-state index in [0.29, 0.717) is 11.1 Å². The minimum absolute atomic E-state index is 0.124. The molecule has 1 rings (SSSR count). The predicted octanol–water partition coefficient (Wildman–Crippen LogP) is 2.55. The van der Waals surface area contributed by atoms with Crippen molar-refractivity contribution in [3.05, 3.63) is 31.3 Å². The van der Waals surface area contributed by atoms with E-state index in [0.717, 1.165) is 8.04 Å². The second kappa shape index (κ2) is 4.75. The van der Waals surface area contributed by atoms with Crippen LogP contribution < -0.4 is 0 Å². The number of carboxylic acids is 1. The number of aliphatic carboxylic acids is 1. The van der Waals surface area contributed by atoms with Gasteiger partial charge in [-0.25, -0.2) is 0 Å². The van der Waals surface area contributed by atoms with Gasteiger partial charge in [-0.15, -0.1) is 0 Å². The molecule has 1 aromatic rings. The molecule has 72 valence electrons. The Hall–Kier alpha value is -0.610. The molecule has 0 saturated heterocycles. The maximum absolute atomic E-state index is 10.6. The van der Waals surface area contributed by atoms with Crippen LogP contribution in [-0.4, -0.2) is 11.1 Å². The average Bonchev–Trinajstić information content (AvgIpc) is 2.13. The van der Waals surface area contributed by atoms with E-state index >= 15 is 0 Å². The minimum Gasteiger partial charge on any atom is -0.481 e. The Morgan fingerprint density at radius 3 is 2.79 bits per heavy atom. The van der Waals surface area contributed by atoms with Crippen molar-refractivity contribution in [2.24, 2.45) is 0 Å². The Kier molecular flexibility index (Phi) is 3.89. The van der Waals surface area contributed by atoms with Crippen molar-refractivity contribution in [1.82, 2.24) is 0 Å². The van der Waals surface area contributed by atoms with Gasteiger partial charge in [0.15, 0.2) is 0 Å². The number of benzene rings is 1. The molecule has 0 heterocycles. The van der Waals surface area contributed by atoms with Crippen LogP contribution in [0.5, 0.6) is 0 Å². The Morgan fingerprint density at radius 2 is 2.29 bits per heavy atom. The van der Waals surface area contributed by atoms with Crippen molar-refractivity contribution < 1.29 is 9.90 Å². The highest BCUT2D eigenvalue weighted by atomic mass is 127. The lowest BCUT2D eigenvalue weighted by atomic mass is 10.1. The minimum atomic E-state index is -0.933. The summed E-state index contributed by atoms with van der Waals surface area (Å²) >= 11 is 5.32. The van der Waals surface area contributed by atoms with E-state index in [1.165, 1.54) is 0 Å². The third kappa shape index (κ3) is 2.45. The zero-order chi connectivity index (χ0) is 10.7. The van der Waals surface area contributed by atoms with E-state index in [2.05, 4.69) is 15.9 Å². The molecule has 0 saturated carbocycles. The number of hydrogen-bond acceptors (Lipinski definition) is 2. The van der Waals surface area contributed by atoms with Gasteiger partial charge in [-0.1, -0.05) is 0 Å². The first-order valence-electron chi connectivity index (χ1n) is 3.65. The van der Waals surface area contributed by atoms with Crippen LogP contribution in [0.25, 0.3) is 0 Å². The molecule has 0 aliphatic rings. The smallest absolute Gasteiger partial charge is 0.307 e. The first kappa shape index (κ1) is 11.5. The van der Waals surface area contributed by atoms with Gasteiger partial charge < -0.3 is 5.11 Å². The highest BCUT2D eigenvalue weighted by molar-refractivity contribution is 14.1. The lowest BCUT2D eigenvalue weighted by molar-refractivity contribution is -0.136. The predicted molar refractivity (Wildman–Crippen MR) is 62.9 cm³/mol. The highest BCUT2D eigenvalue weighted by Crippen LogP contribution is 2.25. The van der Waals surface area contributed by atoms with Gasteiger partial charge in [-0.3, -0.25) is 4.79 Å². The molecule has 0 aromatic heterocycles. The molecule has 0 bridgehead atoms. The first-order chi connectivity index (χ1) is 6.56. The van der Waals surface area contributed by atoms with Gasteiger partial charge in [0, 0.05) is 8.04 Å². The van der Waals surface area contributed by atoms with Crippen LogP contribution >= 0.6 is 38.5 Å². The quantitative estimate of drug-likeness (QED) is 0.819. The topological polar surface area (TPSA) is 61.1 Å². The lowest BCUT2D eigenvalue weighted by Crippen LogP contribution is -2.04. The van der Waals surface area contributed by atoms with Crippen LogP contribution in [0.15, 0.2) is 16.6 Å². The Labute approximate surface area is 103 Å². The normalized spacial score (nSPS) is 9.50. The van der Waals surface area contributed by atoms with E-state index < -0.39 is 5.97 Å². The molecule has 0 aliphatic carbocycles. The zero-order valence-corrected chi connectivity index (χ0v) is 10.7. The van der Waals surface area contributed by atoms with Crippen molar-refractivity contribution in [1.29, 1.82) is 5.26 Å². The molecule has 5 heteroatoms. The molecule has 0 aliphatic heterocycles. The van der Waals surface area contributed by atoms with Crippen molar-refractivity contribution in [3.63, 3.8) is 0 Å². The summed E-state index contributed by atoms with van der Waals surface area (Å²) in [6.07, 6.45) is -0.124. The van der Waals surface area contributed by atoms with Gasteiger partial charge in [0.1, 0.15) is 0 Å². The van der Waals surface area contributed by atoms with Crippen LogP contribution in [-0.2, 0) is 11.2 Å². The Balaban J connectivity index is 3.29. The molecule has 0 radical (unpaired) electrons. The number of carboxylic acid groups (broad SMARTS) is 1. The maximum Gasteiger partial charge on any atom is 0.307 e. The summed E-state index contributed by atoms with van der Waals surface area (Å²) in [4.78, 5) is 10.6. The molecule has 0 fully saturated rings. The van der Waals surface area contributed by atoms with Crippen LogP contribution in [0.2, 0.25) is 0 Å². The van der Waals surface area contributed by atoms with Gasteiger partial charge in [-0.2, -0.15) is 5.26 Å². The van der Waals surface area contributed by atoms with Crippen molar-refractivity contribution >= 4 is 44.5 Å². The Bertz CT molecular complexity index is 426. The van der Waals surface area contributed by atoms with Crippen molar-refractivity contribution in [2.45, 2.75) is 6.42 Å². The van der Waals surface area contributed by atoms with E-state index in [1.807, 2.05) is 28.7 Å². The van der Waals surface area contributed by atoms with E-state index in [9.17, 15) is 4.79 Å². The molecular weight excluding hydrogens is 361 g/mol. The number of nitriles is 1. The summed E-state index contributed by atoms with van der Waals surface area (Å²) < 4.78 is 1.59. The van der Waals surface area contributed by atoms with E-state index in [-0.39, 0.29) is 6.42 Å². The number of nitrogens with zero attached hydrogens (tertiary/aromatic N) is 1. The standard InChI is InChI=1S/C9H5BrINO2/c10-7-2-1-5(4-12)6(9(7)11)3-8(13)14/h1-2H,3H2,(H,13,14). The molecule has 3 nitrogen and oxygen atoms in total. The molecule has 1 aromatic carbocycles. The largest absolute Gasteiger partial charge is 0.481 e. The maximum atomic E-state index is 10.6. The summed E-state index contributed by atoms with van der Waals surface area (Å²) in [5.41, 5.74) is 0.981. The third-order valence-corrected chi connectivity index (χ3v) is 4.28. The number of hydrogen-bond donors (Lipinski definition) is 1. The number of halogens is 2. The van der Waals surface area contributed by atoms with Crippen LogP contribution in [0, 0.1) is 14.9 Å². The van der Waals surface area contributed by atoms with E-state index in [1.54, 1.807) is 12.1 Å². The van der Waals surface area contributed by atoms with Gasteiger partial charge in [-0.05, 0) is 56.2 Å². The van der Waals surface area contributed by atoms with Crippen LogP contribution in [0.3, 0.4) is 0 Å². The van der Waals surface area contributed by atoms with Crippen molar-refractivity contribution in [3.8, 4) is 6.07 Å². The third-order valence-electron chi connectivity index (χ3n) is 1.64. The summed E-state index contributed by atoms with van der Waals surface area (Å²) in [5.74, 6) is -0.933. The van der Waals surface area contributed by atoms with Gasteiger partial charge in [0.2, 0.25) is 0 Å². The molecule has 1 N–H and O–H groups in total. The average molecular weight is 366 g/mol. The molecule has 0 spiro atoms. The zero-order valence-electron chi connectivity index (χ0n) is 6.92. The van der Waals surface area contributed by atoms with Crippen LogP contribution in [0.1, 0.15) is 11.1 Å². The number of rotatable bonds is 2. The molecular formula is C9H5BrINO2. The van der Waals surface area contributed by atoms with Gasteiger partial charge >= 0.3 is 5.97 Å². The lowest BCUT2D eigenvalue weighted by Gasteiger charge is -2.05. The Morgan fingerprint density at radius 1 is 1.64 bits per heavy atom. The van der Waals surface area contributed by atoms with E-state index in [4.69, 9.17) is 10.4 Å². The van der Waals surface area contributed by atoms with Crippen molar-refractivity contribution in [2.75, 3.05) is 0 Å². The fourth-order valence-electron chi connectivity index (χ4n) is 1.02. The fourth-order valence-corrected chi connectivity index (χ4v) is 2.05. The number of carbonyl (C=O) groups is 1. The summed E-state index contributed by atoms with van der Waals surface area (Å²) in [6, 6.07) is 5.34.